The molecule has 8 heteroatoms. The summed E-state index contributed by atoms with van der Waals surface area (Å²) in [6.07, 6.45) is 9.29. The third-order valence-electron chi connectivity index (χ3n) is 6.92. The zero-order chi connectivity index (χ0) is 26.5. The van der Waals surface area contributed by atoms with Crippen LogP contribution in [-0.4, -0.2) is 29.1 Å². The van der Waals surface area contributed by atoms with Crippen molar-refractivity contribution in [2.24, 2.45) is 0 Å². The molecular formula is C29H34ClFN2O4. The van der Waals surface area contributed by atoms with E-state index in [0.29, 0.717) is 24.0 Å². The van der Waals surface area contributed by atoms with Crippen molar-refractivity contribution in [2.75, 3.05) is 4.90 Å². The van der Waals surface area contributed by atoms with E-state index in [9.17, 15) is 9.59 Å². The van der Waals surface area contributed by atoms with Gasteiger partial charge < -0.3 is 14.4 Å². The van der Waals surface area contributed by atoms with E-state index in [0.717, 1.165) is 55.7 Å². The topological polar surface area (TPSA) is 68.7 Å². The second-order valence-corrected chi connectivity index (χ2v) is 10.5. The lowest BCUT2D eigenvalue weighted by Crippen LogP contribution is -2.35. The molecule has 6 nitrogen and oxygen atoms in total. The first-order chi connectivity index (χ1) is 17.7. The molecule has 0 N–H and O–H groups in total. The van der Waals surface area contributed by atoms with Crippen LogP contribution in [0.25, 0.3) is 0 Å². The Labute approximate surface area is 222 Å². The minimum Gasteiger partial charge on any atom is -0.489 e. The van der Waals surface area contributed by atoms with Crippen LogP contribution in [0, 0.1) is 12.7 Å². The van der Waals surface area contributed by atoms with E-state index in [4.69, 9.17) is 21.1 Å². The summed E-state index contributed by atoms with van der Waals surface area (Å²) < 4.78 is 27.0. The van der Waals surface area contributed by atoms with Gasteiger partial charge in [-0.3, -0.25) is 9.78 Å². The van der Waals surface area contributed by atoms with Crippen molar-refractivity contribution in [3.05, 3.63) is 63.7 Å². The molecule has 1 aromatic heterocycles. The van der Waals surface area contributed by atoms with Gasteiger partial charge in [-0.2, -0.15) is 0 Å². The van der Waals surface area contributed by atoms with E-state index < -0.39 is 17.7 Å². The summed E-state index contributed by atoms with van der Waals surface area (Å²) in [7, 11) is 0. The van der Waals surface area contributed by atoms with E-state index in [2.05, 4.69) is 4.98 Å². The Kier molecular flexibility index (Phi) is 8.85. The van der Waals surface area contributed by atoms with Gasteiger partial charge in [0, 0.05) is 29.6 Å². The number of rotatable bonds is 8. The molecule has 0 radical (unpaired) electrons. The Morgan fingerprint density at radius 3 is 2.51 bits per heavy atom. The number of ether oxygens (including phenoxy) is 2. The summed E-state index contributed by atoms with van der Waals surface area (Å²) in [4.78, 5) is 32.9. The summed E-state index contributed by atoms with van der Waals surface area (Å²) in [5, 5.41) is 0.123. The quantitative estimate of drug-likeness (QED) is 0.350. The van der Waals surface area contributed by atoms with Crippen molar-refractivity contribution in [1.82, 2.24) is 4.98 Å². The Morgan fingerprint density at radius 1 is 1.14 bits per heavy atom. The van der Waals surface area contributed by atoms with Crippen molar-refractivity contribution in [1.29, 1.82) is 0 Å². The van der Waals surface area contributed by atoms with Gasteiger partial charge in [-0.15, -0.1) is 0 Å². The number of hydrogen-bond donors (Lipinski definition) is 0. The van der Waals surface area contributed by atoms with Gasteiger partial charge in [-0.05, 0) is 95.4 Å². The number of esters is 1. The van der Waals surface area contributed by atoms with Crippen molar-refractivity contribution in [3.63, 3.8) is 0 Å². The van der Waals surface area contributed by atoms with Gasteiger partial charge in [0.2, 0.25) is 0 Å². The average molecular weight is 529 g/mol. The summed E-state index contributed by atoms with van der Waals surface area (Å²) in [6, 6.07) is 4.46. The minimum atomic E-state index is -0.650. The number of hydrogen-bond acceptors (Lipinski definition) is 5. The first kappa shape index (κ1) is 27.1. The van der Waals surface area contributed by atoms with Crippen molar-refractivity contribution < 1.29 is 23.5 Å². The van der Waals surface area contributed by atoms with Gasteiger partial charge in [0.1, 0.15) is 17.7 Å². The monoisotopic (exact) mass is 528 g/mol. The molecule has 0 atom stereocenters. The zero-order valence-electron chi connectivity index (χ0n) is 21.7. The average Bonchev–Trinajstić information content (AvgIpc) is 3.38. The SMILES string of the molecule is Cc1ccncc1CN(C(=O)C1=C(C(=O)OC2CCCC2)CCCC1)c1cc(OC(C)C)c(Cl)cc1F. The van der Waals surface area contributed by atoms with Crippen LogP contribution in [0.2, 0.25) is 5.02 Å². The highest BCUT2D eigenvalue weighted by molar-refractivity contribution is 6.32. The fourth-order valence-corrected chi connectivity index (χ4v) is 5.12. The third-order valence-corrected chi connectivity index (χ3v) is 7.22. The summed E-state index contributed by atoms with van der Waals surface area (Å²) >= 11 is 6.26. The molecule has 0 spiro atoms. The molecule has 1 heterocycles. The molecule has 0 bridgehead atoms. The van der Waals surface area contributed by atoms with Crippen LogP contribution < -0.4 is 9.64 Å². The number of amides is 1. The van der Waals surface area contributed by atoms with Crippen molar-refractivity contribution in [3.8, 4) is 5.75 Å². The highest BCUT2D eigenvalue weighted by Gasteiger charge is 2.32. The van der Waals surface area contributed by atoms with Gasteiger partial charge in [0.25, 0.3) is 5.91 Å². The summed E-state index contributed by atoms with van der Waals surface area (Å²) in [5.74, 6) is -1.21. The standard InChI is InChI=1S/C29H34ClFN2O4/c1-18(2)36-27-15-26(25(31)14-24(27)30)33(17-20-16-32-13-12-19(20)3)28(34)22-10-6-7-11-23(22)29(35)37-21-8-4-5-9-21/h12-16,18,21H,4-11,17H2,1-3H3. The van der Waals surface area contributed by atoms with E-state index >= 15 is 4.39 Å². The number of carbonyl (C=O) groups is 2. The molecule has 0 aliphatic heterocycles. The number of aromatic nitrogens is 1. The number of anilines is 1. The van der Waals surface area contributed by atoms with Crippen LogP contribution >= 0.6 is 11.6 Å². The number of halogens is 2. The maximum atomic E-state index is 15.4. The Bertz CT molecular complexity index is 1190. The van der Waals surface area contributed by atoms with E-state index in [1.165, 1.54) is 11.0 Å². The maximum Gasteiger partial charge on any atom is 0.334 e. The first-order valence-electron chi connectivity index (χ1n) is 13.0. The Hall–Kier alpha value is -2.93. The fourth-order valence-electron chi connectivity index (χ4n) is 4.93. The van der Waals surface area contributed by atoms with Crippen LogP contribution in [0.5, 0.6) is 5.75 Å². The molecule has 0 unspecified atom stereocenters. The highest BCUT2D eigenvalue weighted by atomic mass is 35.5. The second kappa shape index (κ2) is 12.1. The molecule has 4 rings (SSSR count). The predicted octanol–water partition coefficient (Wildman–Crippen LogP) is 6.86. The number of aryl methyl sites for hydroxylation is 1. The predicted molar refractivity (Wildman–Crippen MR) is 141 cm³/mol. The molecule has 2 aromatic rings. The molecule has 2 aliphatic carbocycles. The lowest BCUT2D eigenvalue weighted by molar-refractivity contribution is -0.144. The van der Waals surface area contributed by atoms with Crippen LogP contribution in [0.3, 0.4) is 0 Å². The maximum absolute atomic E-state index is 15.4. The molecule has 1 fully saturated rings. The van der Waals surface area contributed by atoms with Crippen molar-refractivity contribution in [2.45, 2.75) is 90.9 Å². The van der Waals surface area contributed by atoms with E-state index in [-0.39, 0.29) is 35.2 Å². The third kappa shape index (κ3) is 6.50. The molecular weight excluding hydrogens is 495 g/mol. The largest absolute Gasteiger partial charge is 0.489 e. The smallest absolute Gasteiger partial charge is 0.334 e. The summed E-state index contributed by atoms with van der Waals surface area (Å²) in [5.41, 5.74) is 2.51. The van der Waals surface area contributed by atoms with Crippen LogP contribution in [-0.2, 0) is 20.9 Å². The number of pyridine rings is 1. The van der Waals surface area contributed by atoms with Crippen LogP contribution in [0.1, 0.15) is 76.3 Å². The van der Waals surface area contributed by atoms with Gasteiger partial charge in [-0.1, -0.05) is 11.6 Å². The molecule has 2 aliphatic rings. The van der Waals surface area contributed by atoms with Gasteiger partial charge in [-0.25, -0.2) is 9.18 Å². The molecule has 198 valence electrons. The van der Waals surface area contributed by atoms with E-state index in [1.807, 2.05) is 26.8 Å². The summed E-state index contributed by atoms with van der Waals surface area (Å²) in [6.45, 7) is 5.68. The number of carbonyl (C=O) groups excluding carboxylic acids is 2. The van der Waals surface area contributed by atoms with Crippen LogP contribution in [0.4, 0.5) is 10.1 Å². The lowest BCUT2D eigenvalue weighted by atomic mass is 9.90. The fraction of sp³-hybridized carbons (Fsp3) is 0.483. The zero-order valence-corrected chi connectivity index (χ0v) is 22.4. The molecule has 1 saturated carbocycles. The van der Waals surface area contributed by atoms with Crippen LogP contribution in [0.15, 0.2) is 41.7 Å². The Morgan fingerprint density at radius 2 is 1.84 bits per heavy atom. The molecule has 1 aromatic carbocycles. The van der Waals surface area contributed by atoms with E-state index in [1.54, 1.807) is 12.4 Å². The highest BCUT2D eigenvalue weighted by Crippen LogP contribution is 2.37. The number of nitrogens with zero attached hydrogens (tertiary/aromatic N) is 2. The van der Waals surface area contributed by atoms with Gasteiger partial charge in [0.05, 0.1) is 23.4 Å². The Balaban J connectivity index is 1.76. The second-order valence-electron chi connectivity index (χ2n) is 10.1. The normalized spacial score (nSPS) is 16.3. The molecule has 0 saturated heterocycles. The van der Waals surface area contributed by atoms with Gasteiger partial charge in [0.15, 0.2) is 0 Å². The first-order valence-corrected chi connectivity index (χ1v) is 13.4. The molecule has 1 amide bonds. The van der Waals surface area contributed by atoms with Gasteiger partial charge >= 0.3 is 5.97 Å². The minimum absolute atomic E-state index is 0.0369. The number of benzene rings is 1. The molecule has 37 heavy (non-hydrogen) atoms. The van der Waals surface area contributed by atoms with Crippen molar-refractivity contribution >= 4 is 29.2 Å². The lowest BCUT2D eigenvalue weighted by Gasteiger charge is -2.29.